The van der Waals surface area contributed by atoms with E-state index in [0.717, 1.165) is 24.5 Å². The van der Waals surface area contributed by atoms with E-state index in [1.807, 2.05) is 39.1 Å². The van der Waals surface area contributed by atoms with Gasteiger partial charge in [0.1, 0.15) is 11.6 Å². The molecule has 1 fully saturated rings. The van der Waals surface area contributed by atoms with Crippen LogP contribution in [0.3, 0.4) is 0 Å². The monoisotopic (exact) mass is 369 g/mol. The minimum atomic E-state index is -0.532. The molecule has 2 aromatic rings. The first-order valence-corrected chi connectivity index (χ1v) is 9.62. The normalized spacial score (nSPS) is 14.9. The van der Waals surface area contributed by atoms with Gasteiger partial charge in [-0.05, 0) is 55.2 Å². The van der Waals surface area contributed by atoms with Crippen LogP contribution in [0.15, 0.2) is 42.6 Å². The Kier molecular flexibility index (Phi) is 5.78. The molecule has 144 valence electrons. The number of hydrogen-bond donors (Lipinski definition) is 0. The average molecular weight is 369 g/mol. The van der Waals surface area contributed by atoms with Gasteiger partial charge in [-0.25, -0.2) is 9.37 Å². The summed E-state index contributed by atoms with van der Waals surface area (Å²) in [5.41, 5.74) is 1.12. The zero-order chi connectivity index (χ0) is 19.4. The highest BCUT2D eigenvalue weighted by Gasteiger charge is 2.28. The van der Waals surface area contributed by atoms with E-state index >= 15 is 0 Å². The van der Waals surface area contributed by atoms with E-state index in [0.29, 0.717) is 12.2 Å². The molecule has 1 aliphatic heterocycles. The second kappa shape index (κ2) is 8.07. The number of nitrogens with zero attached hydrogens (tertiary/aromatic N) is 3. The van der Waals surface area contributed by atoms with Crippen LogP contribution in [0.5, 0.6) is 0 Å². The summed E-state index contributed by atoms with van der Waals surface area (Å²) in [6.07, 6.45) is 5.55. The Balaban J connectivity index is 1.81. The van der Waals surface area contributed by atoms with Crippen LogP contribution in [0.1, 0.15) is 45.6 Å². The lowest BCUT2D eigenvalue weighted by Crippen LogP contribution is -2.39. The number of anilines is 2. The first-order valence-electron chi connectivity index (χ1n) is 9.62. The zero-order valence-electron chi connectivity index (χ0n) is 16.4. The van der Waals surface area contributed by atoms with Crippen molar-refractivity contribution in [3.05, 3.63) is 54.0 Å². The number of halogens is 1. The van der Waals surface area contributed by atoms with Crippen molar-refractivity contribution < 1.29 is 9.18 Å². The fourth-order valence-electron chi connectivity index (χ4n) is 3.31. The summed E-state index contributed by atoms with van der Waals surface area (Å²) in [6.45, 7) is 8.19. The fraction of sp³-hybridized carbons (Fsp3) is 0.455. The number of carbonyl (C=O) groups excluding carboxylic acids is 1. The highest BCUT2D eigenvalue weighted by atomic mass is 19.1. The summed E-state index contributed by atoms with van der Waals surface area (Å²) in [4.78, 5) is 21.6. The molecule has 1 saturated heterocycles. The number of hydrogen-bond acceptors (Lipinski definition) is 3. The summed E-state index contributed by atoms with van der Waals surface area (Å²) in [6, 6.07) is 10.1. The average Bonchev–Trinajstić information content (AvgIpc) is 2.67. The van der Waals surface area contributed by atoms with E-state index in [4.69, 9.17) is 0 Å². The predicted molar refractivity (Wildman–Crippen MR) is 107 cm³/mol. The van der Waals surface area contributed by atoms with Gasteiger partial charge in [0.15, 0.2) is 0 Å². The predicted octanol–water partition coefficient (Wildman–Crippen LogP) is 4.79. The van der Waals surface area contributed by atoms with Gasteiger partial charge in [-0.2, -0.15) is 0 Å². The van der Waals surface area contributed by atoms with Crippen molar-refractivity contribution in [2.24, 2.45) is 5.41 Å². The highest BCUT2D eigenvalue weighted by Crippen LogP contribution is 2.26. The van der Waals surface area contributed by atoms with Crippen LogP contribution >= 0.6 is 0 Å². The maximum atomic E-state index is 13.3. The van der Waals surface area contributed by atoms with Gasteiger partial charge in [-0.1, -0.05) is 26.8 Å². The third-order valence-corrected chi connectivity index (χ3v) is 4.85. The molecular formula is C22H28FN3O. The number of rotatable bonds is 4. The van der Waals surface area contributed by atoms with E-state index in [9.17, 15) is 9.18 Å². The van der Waals surface area contributed by atoms with Crippen molar-refractivity contribution in [1.29, 1.82) is 0 Å². The van der Waals surface area contributed by atoms with Gasteiger partial charge in [-0.15, -0.1) is 0 Å². The van der Waals surface area contributed by atoms with Crippen LogP contribution in [0.4, 0.5) is 15.9 Å². The number of benzene rings is 1. The Bertz CT molecular complexity index is 760. The third kappa shape index (κ3) is 4.85. The molecule has 1 amide bonds. The second-order valence-electron chi connectivity index (χ2n) is 8.19. The molecule has 0 spiro atoms. The van der Waals surface area contributed by atoms with Gasteiger partial charge >= 0.3 is 0 Å². The lowest BCUT2D eigenvalue weighted by atomic mass is 9.94. The van der Waals surface area contributed by atoms with Crippen molar-refractivity contribution in [3.8, 4) is 0 Å². The standard InChI is InChI=1S/C22H28FN3O/c1-22(2,3)21(27)26(19-10-8-18(23)9-11-19)16-17-7-12-20(24-15-17)25-13-5-4-6-14-25/h7-12,15H,4-6,13-14,16H2,1-3H3. The van der Waals surface area contributed by atoms with E-state index in [-0.39, 0.29) is 11.7 Å². The largest absolute Gasteiger partial charge is 0.357 e. The van der Waals surface area contributed by atoms with Crippen molar-refractivity contribution >= 4 is 17.4 Å². The third-order valence-electron chi connectivity index (χ3n) is 4.85. The fourth-order valence-corrected chi connectivity index (χ4v) is 3.31. The van der Waals surface area contributed by atoms with Crippen LogP contribution < -0.4 is 9.80 Å². The summed E-state index contributed by atoms with van der Waals surface area (Å²) < 4.78 is 13.3. The molecule has 0 unspecified atom stereocenters. The van der Waals surface area contributed by atoms with Gasteiger partial charge in [0.2, 0.25) is 5.91 Å². The Morgan fingerprint density at radius 3 is 2.30 bits per heavy atom. The van der Waals surface area contributed by atoms with E-state index in [1.165, 1.54) is 31.4 Å². The molecule has 0 aliphatic carbocycles. The Morgan fingerprint density at radius 1 is 1.07 bits per heavy atom. The van der Waals surface area contributed by atoms with E-state index in [2.05, 4.69) is 9.88 Å². The molecular weight excluding hydrogens is 341 g/mol. The summed E-state index contributed by atoms with van der Waals surface area (Å²) in [7, 11) is 0. The Hall–Kier alpha value is -2.43. The molecule has 3 rings (SSSR count). The molecule has 1 aliphatic rings. The quantitative estimate of drug-likeness (QED) is 0.777. The number of piperidine rings is 1. The summed E-state index contributed by atoms with van der Waals surface area (Å²) >= 11 is 0. The first-order chi connectivity index (χ1) is 12.8. The maximum absolute atomic E-state index is 13.3. The molecule has 1 aromatic heterocycles. The number of pyridine rings is 1. The topological polar surface area (TPSA) is 36.4 Å². The van der Waals surface area contributed by atoms with Crippen LogP contribution in [-0.2, 0) is 11.3 Å². The summed E-state index contributed by atoms with van der Waals surface area (Å²) in [5, 5.41) is 0. The minimum absolute atomic E-state index is 0.00536. The van der Waals surface area contributed by atoms with E-state index in [1.54, 1.807) is 17.0 Å². The van der Waals surface area contributed by atoms with Gasteiger partial charge in [0.25, 0.3) is 0 Å². The molecule has 2 heterocycles. The number of amides is 1. The van der Waals surface area contributed by atoms with Crippen molar-refractivity contribution in [2.45, 2.75) is 46.6 Å². The smallest absolute Gasteiger partial charge is 0.232 e. The molecule has 4 nitrogen and oxygen atoms in total. The lowest BCUT2D eigenvalue weighted by Gasteiger charge is -2.30. The van der Waals surface area contributed by atoms with Gasteiger partial charge in [0, 0.05) is 30.4 Å². The van der Waals surface area contributed by atoms with Gasteiger partial charge in [-0.3, -0.25) is 4.79 Å². The molecule has 0 saturated carbocycles. The Labute approximate surface area is 161 Å². The molecule has 0 radical (unpaired) electrons. The Morgan fingerprint density at radius 2 is 1.74 bits per heavy atom. The van der Waals surface area contributed by atoms with E-state index < -0.39 is 5.41 Å². The SMILES string of the molecule is CC(C)(C)C(=O)N(Cc1ccc(N2CCCCC2)nc1)c1ccc(F)cc1. The van der Waals surface area contributed by atoms with Crippen LogP contribution in [0.25, 0.3) is 0 Å². The van der Waals surface area contributed by atoms with Gasteiger partial charge in [0.05, 0.1) is 6.54 Å². The highest BCUT2D eigenvalue weighted by molar-refractivity contribution is 5.96. The first kappa shape index (κ1) is 19.3. The number of aromatic nitrogens is 1. The summed E-state index contributed by atoms with van der Waals surface area (Å²) in [5.74, 6) is 0.678. The lowest BCUT2D eigenvalue weighted by molar-refractivity contribution is -0.125. The molecule has 0 bridgehead atoms. The van der Waals surface area contributed by atoms with Crippen LogP contribution in [-0.4, -0.2) is 24.0 Å². The molecule has 0 N–H and O–H groups in total. The van der Waals surface area contributed by atoms with Crippen LogP contribution in [0.2, 0.25) is 0 Å². The van der Waals surface area contributed by atoms with Crippen LogP contribution in [0, 0.1) is 11.2 Å². The second-order valence-corrected chi connectivity index (χ2v) is 8.19. The molecule has 0 atom stereocenters. The number of carbonyl (C=O) groups is 1. The minimum Gasteiger partial charge on any atom is -0.357 e. The van der Waals surface area contributed by atoms with Crippen molar-refractivity contribution in [1.82, 2.24) is 4.98 Å². The zero-order valence-corrected chi connectivity index (χ0v) is 16.4. The maximum Gasteiger partial charge on any atom is 0.232 e. The van der Waals surface area contributed by atoms with Gasteiger partial charge < -0.3 is 9.80 Å². The molecule has 1 aromatic carbocycles. The molecule has 27 heavy (non-hydrogen) atoms. The van der Waals surface area contributed by atoms with Crippen molar-refractivity contribution in [3.63, 3.8) is 0 Å². The molecule has 5 heteroatoms. The van der Waals surface area contributed by atoms with Crippen molar-refractivity contribution in [2.75, 3.05) is 22.9 Å².